The maximum Gasteiger partial charge on any atom is 0.303 e. The molecule has 1 aromatic carbocycles. The van der Waals surface area contributed by atoms with Crippen LogP contribution in [-0.4, -0.2) is 28.1 Å². The molecule has 0 saturated carbocycles. The molecule has 0 aliphatic carbocycles. The number of methoxy groups -OCH3 is 1. The number of hydrogen-bond acceptors (Lipinski definition) is 3. The third kappa shape index (κ3) is 4.99. The molecule has 1 N–H and O–H groups in total. The highest BCUT2D eigenvalue weighted by Gasteiger charge is 2.04. The standard InChI is InChI=1S/C12H16O4S/c1-16-10-5-7-11(8-6-10)17(15)9-3-2-4-12(13)14/h5-8H,2-4,9H2,1H3,(H,13,14). The van der Waals surface area contributed by atoms with E-state index < -0.39 is 16.8 Å². The van der Waals surface area contributed by atoms with Crippen LogP contribution < -0.4 is 4.74 Å². The summed E-state index contributed by atoms with van der Waals surface area (Å²) in [7, 11) is 0.524. The average Bonchev–Trinajstić information content (AvgIpc) is 2.34. The van der Waals surface area contributed by atoms with E-state index in [1.54, 1.807) is 31.4 Å². The zero-order valence-electron chi connectivity index (χ0n) is 9.72. The Morgan fingerprint density at radius 2 is 1.94 bits per heavy atom. The number of ether oxygens (including phenoxy) is 1. The predicted molar refractivity (Wildman–Crippen MR) is 65.8 cm³/mol. The third-order valence-corrected chi connectivity index (χ3v) is 3.75. The molecule has 94 valence electrons. The van der Waals surface area contributed by atoms with E-state index in [2.05, 4.69) is 0 Å². The minimum absolute atomic E-state index is 0.139. The highest BCUT2D eigenvalue weighted by Crippen LogP contribution is 2.15. The minimum atomic E-state index is -1.06. The van der Waals surface area contributed by atoms with Gasteiger partial charge in [-0.25, -0.2) is 0 Å². The minimum Gasteiger partial charge on any atom is -0.497 e. The smallest absolute Gasteiger partial charge is 0.303 e. The molecule has 17 heavy (non-hydrogen) atoms. The Balaban J connectivity index is 2.38. The van der Waals surface area contributed by atoms with E-state index in [9.17, 15) is 9.00 Å². The van der Waals surface area contributed by atoms with Gasteiger partial charge in [-0.15, -0.1) is 0 Å². The van der Waals surface area contributed by atoms with Crippen LogP contribution >= 0.6 is 0 Å². The van der Waals surface area contributed by atoms with Crippen LogP contribution in [0.5, 0.6) is 5.75 Å². The third-order valence-electron chi connectivity index (χ3n) is 2.29. The van der Waals surface area contributed by atoms with Crippen molar-refractivity contribution in [3.63, 3.8) is 0 Å². The molecule has 0 aliphatic heterocycles. The predicted octanol–water partition coefficient (Wildman–Crippen LogP) is 2.06. The van der Waals surface area contributed by atoms with Crippen LogP contribution in [0.4, 0.5) is 0 Å². The van der Waals surface area contributed by atoms with E-state index >= 15 is 0 Å². The fourth-order valence-corrected chi connectivity index (χ4v) is 2.50. The monoisotopic (exact) mass is 256 g/mol. The van der Waals surface area contributed by atoms with Gasteiger partial charge >= 0.3 is 5.97 Å². The Kier molecular flexibility index (Phi) is 5.69. The van der Waals surface area contributed by atoms with Gasteiger partial charge in [-0.1, -0.05) is 0 Å². The van der Waals surface area contributed by atoms with Crippen molar-refractivity contribution in [3.05, 3.63) is 24.3 Å². The summed E-state index contributed by atoms with van der Waals surface area (Å²) < 4.78 is 16.8. The van der Waals surface area contributed by atoms with Crippen molar-refractivity contribution in [2.75, 3.05) is 12.9 Å². The van der Waals surface area contributed by atoms with Crippen LogP contribution in [0.15, 0.2) is 29.2 Å². The molecular formula is C12H16O4S. The SMILES string of the molecule is COc1ccc(S(=O)CCCCC(=O)O)cc1. The molecule has 0 heterocycles. The molecule has 0 amide bonds. The summed E-state index contributed by atoms with van der Waals surface area (Å²) in [5.74, 6) is 0.427. The zero-order chi connectivity index (χ0) is 12.7. The van der Waals surface area contributed by atoms with E-state index in [4.69, 9.17) is 9.84 Å². The maximum absolute atomic E-state index is 11.8. The fraction of sp³-hybridized carbons (Fsp3) is 0.417. The summed E-state index contributed by atoms with van der Waals surface area (Å²) in [4.78, 5) is 11.0. The topological polar surface area (TPSA) is 63.6 Å². The lowest BCUT2D eigenvalue weighted by Gasteiger charge is -2.03. The fourth-order valence-electron chi connectivity index (χ4n) is 1.35. The molecule has 1 aromatic rings. The highest BCUT2D eigenvalue weighted by atomic mass is 32.2. The van der Waals surface area contributed by atoms with Crippen molar-refractivity contribution in [1.82, 2.24) is 0 Å². The van der Waals surface area contributed by atoms with Gasteiger partial charge in [0.05, 0.1) is 17.9 Å². The molecular weight excluding hydrogens is 240 g/mol. The van der Waals surface area contributed by atoms with Crippen molar-refractivity contribution in [3.8, 4) is 5.75 Å². The number of carboxylic acids is 1. The molecule has 0 bridgehead atoms. The number of hydrogen-bond donors (Lipinski definition) is 1. The van der Waals surface area contributed by atoms with Crippen molar-refractivity contribution < 1.29 is 18.8 Å². The molecule has 0 aliphatic rings. The van der Waals surface area contributed by atoms with E-state index in [0.29, 0.717) is 18.6 Å². The van der Waals surface area contributed by atoms with Gasteiger partial charge in [0.25, 0.3) is 0 Å². The number of aliphatic carboxylic acids is 1. The van der Waals surface area contributed by atoms with Gasteiger partial charge < -0.3 is 9.84 Å². The second kappa shape index (κ2) is 7.06. The molecule has 1 rings (SSSR count). The summed E-state index contributed by atoms with van der Waals surface area (Å²) in [6, 6.07) is 7.08. The summed E-state index contributed by atoms with van der Waals surface area (Å²) in [6.45, 7) is 0. The van der Waals surface area contributed by atoms with Crippen LogP contribution in [0.3, 0.4) is 0 Å². The van der Waals surface area contributed by atoms with E-state index in [1.165, 1.54) is 0 Å². The van der Waals surface area contributed by atoms with E-state index in [-0.39, 0.29) is 6.42 Å². The van der Waals surface area contributed by atoms with Crippen LogP contribution in [0.1, 0.15) is 19.3 Å². The number of carbonyl (C=O) groups is 1. The van der Waals surface area contributed by atoms with Crippen LogP contribution in [0.2, 0.25) is 0 Å². The van der Waals surface area contributed by atoms with Crippen molar-refractivity contribution in [1.29, 1.82) is 0 Å². The Bertz CT molecular complexity index is 386. The van der Waals surface area contributed by atoms with Gasteiger partial charge in [-0.2, -0.15) is 0 Å². The number of benzene rings is 1. The van der Waals surface area contributed by atoms with Gasteiger partial charge in [-0.3, -0.25) is 9.00 Å². The average molecular weight is 256 g/mol. The van der Waals surface area contributed by atoms with Gasteiger partial charge in [0.15, 0.2) is 0 Å². The Hall–Kier alpha value is -1.36. The molecule has 0 spiro atoms. The Morgan fingerprint density at radius 1 is 1.29 bits per heavy atom. The second-order valence-electron chi connectivity index (χ2n) is 3.58. The quantitative estimate of drug-likeness (QED) is 0.758. The largest absolute Gasteiger partial charge is 0.497 e. The van der Waals surface area contributed by atoms with Gasteiger partial charge in [-0.05, 0) is 37.1 Å². The first-order valence-electron chi connectivity index (χ1n) is 5.37. The summed E-state index contributed by atoms with van der Waals surface area (Å²) in [5.41, 5.74) is 0. The van der Waals surface area contributed by atoms with Crippen molar-refractivity contribution in [2.24, 2.45) is 0 Å². The molecule has 5 heteroatoms. The molecule has 0 radical (unpaired) electrons. The first-order valence-corrected chi connectivity index (χ1v) is 6.69. The zero-order valence-corrected chi connectivity index (χ0v) is 10.5. The van der Waals surface area contributed by atoms with Crippen LogP contribution in [0.25, 0.3) is 0 Å². The molecule has 4 nitrogen and oxygen atoms in total. The molecule has 1 atom stereocenters. The van der Waals surface area contributed by atoms with Crippen molar-refractivity contribution in [2.45, 2.75) is 24.2 Å². The highest BCUT2D eigenvalue weighted by molar-refractivity contribution is 7.85. The first kappa shape index (κ1) is 13.7. The number of carboxylic acid groups (broad SMARTS) is 1. The van der Waals surface area contributed by atoms with Gasteiger partial charge in [0, 0.05) is 17.1 Å². The van der Waals surface area contributed by atoms with Crippen LogP contribution in [0, 0.1) is 0 Å². The molecule has 1 unspecified atom stereocenters. The Labute approximate surface area is 103 Å². The van der Waals surface area contributed by atoms with E-state index in [0.717, 1.165) is 10.6 Å². The molecule has 0 saturated heterocycles. The summed E-state index contributed by atoms with van der Waals surface area (Å²) in [5, 5.41) is 8.46. The normalized spacial score (nSPS) is 12.1. The maximum atomic E-state index is 11.8. The van der Waals surface area contributed by atoms with E-state index in [1.807, 2.05) is 0 Å². The second-order valence-corrected chi connectivity index (χ2v) is 5.15. The first-order chi connectivity index (χ1) is 8.13. The lowest BCUT2D eigenvalue weighted by atomic mass is 10.2. The Morgan fingerprint density at radius 3 is 2.47 bits per heavy atom. The lowest BCUT2D eigenvalue weighted by Crippen LogP contribution is -2.00. The lowest BCUT2D eigenvalue weighted by molar-refractivity contribution is -0.137. The molecule has 0 aromatic heterocycles. The van der Waals surface area contributed by atoms with Gasteiger partial charge in [0.2, 0.25) is 0 Å². The van der Waals surface area contributed by atoms with Gasteiger partial charge in [0.1, 0.15) is 5.75 Å². The van der Waals surface area contributed by atoms with Crippen molar-refractivity contribution >= 4 is 16.8 Å². The number of rotatable bonds is 7. The van der Waals surface area contributed by atoms with Crippen LogP contribution in [-0.2, 0) is 15.6 Å². The summed E-state index contributed by atoms with van der Waals surface area (Å²) >= 11 is 0. The molecule has 0 fully saturated rings. The number of unbranched alkanes of at least 4 members (excludes halogenated alkanes) is 1. The summed E-state index contributed by atoms with van der Waals surface area (Å²) in [6.07, 6.45) is 1.36.